The maximum absolute atomic E-state index is 4.01. The summed E-state index contributed by atoms with van der Waals surface area (Å²) in [7, 11) is 0. The standard InChI is InChI=1S/C6H8N2S.C2H6/c1-5-4-7-6(8-5)2-3-9;1-2/h2-4,9H,1H3,(H,7,8);1-2H3/b3-2+;. The predicted octanol–water partition coefficient (Wildman–Crippen LogP) is 2.64. The number of imidazole rings is 1. The van der Waals surface area contributed by atoms with Gasteiger partial charge in [-0.15, -0.1) is 0 Å². The average molecular weight is 170 g/mol. The number of nitrogens with one attached hydrogen (secondary N) is 1. The van der Waals surface area contributed by atoms with Crippen molar-refractivity contribution in [1.82, 2.24) is 9.97 Å². The van der Waals surface area contributed by atoms with E-state index >= 15 is 0 Å². The van der Waals surface area contributed by atoms with Crippen LogP contribution >= 0.6 is 12.6 Å². The van der Waals surface area contributed by atoms with Gasteiger partial charge in [0.1, 0.15) is 5.82 Å². The quantitative estimate of drug-likeness (QED) is 0.623. The molecule has 0 unspecified atom stereocenters. The lowest BCUT2D eigenvalue weighted by Gasteiger charge is -1.78. The second kappa shape index (κ2) is 6.04. The summed E-state index contributed by atoms with van der Waals surface area (Å²) in [4.78, 5) is 7.04. The zero-order chi connectivity index (χ0) is 8.69. The van der Waals surface area contributed by atoms with Crippen LogP contribution in [-0.4, -0.2) is 9.97 Å². The molecule has 1 aromatic rings. The summed E-state index contributed by atoms with van der Waals surface area (Å²) in [5.41, 5.74) is 1.07. The molecule has 0 aliphatic carbocycles. The molecule has 0 aromatic carbocycles. The zero-order valence-electron chi connectivity index (χ0n) is 7.13. The van der Waals surface area contributed by atoms with Crippen molar-refractivity contribution in [1.29, 1.82) is 0 Å². The number of nitrogens with zero attached hydrogens (tertiary/aromatic N) is 1. The Morgan fingerprint density at radius 1 is 1.55 bits per heavy atom. The van der Waals surface area contributed by atoms with Crippen molar-refractivity contribution >= 4 is 18.7 Å². The van der Waals surface area contributed by atoms with Crippen LogP contribution in [0.25, 0.3) is 6.08 Å². The second-order valence-corrected chi connectivity index (χ2v) is 2.07. The van der Waals surface area contributed by atoms with Crippen LogP contribution < -0.4 is 0 Å². The van der Waals surface area contributed by atoms with Crippen molar-refractivity contribution < 1.29 is 0 Å². The van der Waals surface area contributed by atoms with Gasteiger partial charge in [0.2, 0.25) is 0 Å². The van der Waals surface area contributed by atoms with Gasteiger partial charge < -0.3 is 4.98 Å². The minimum atomic E-state index is 0.850. The third-order valence-electron chi connectivity index (χ3n) is 0.955. The Hall–Kier alpha value is -0.700. The van der Waals surface area contributed by atoms with Crippen LogP contribution in [0.15, 0.2) is 11.6 Å². The summed E-state index contributed by atoms with van der Waals surface area (Å²) in [6, 6.07) is 0. The van der Waals surface area contributed by atoms with Gasteiger partial charge in [-0.3, -0.25) is 0 Å². The molecule has 0 bridgehead atoms. The predicted molar refractivity (Wildman–Crippen MR) is 52.7 cm³/mol. The fourth-order valence-corrected chi connectivity index (χ4v) is 0.729. The van der Waals surface area contributed by atoms with E-state index in [4.69, 9.17) is 0 Å². The van der Waals surface area contributed by atoms with Gasteiger partial charge in [-0.25, -0.2) is 4.98 Å². The smallest absolute Gasteiger partial charge is 0.130 e. The summed E-state index contributed by atoms with van der Waals surface area (Å²) in [6.45, 7) is 5.96. The third kappa shape index (κ3) is 3.88. The van der Waals surface area contributed by atoms with Crippen LogP contribution in [0.2, 0.25) is 0 Å². The fraction of sp³-hybridized carbons (Fsp3) is 0.375. The fourth-order valence-electron chi connectivity index (χ4n) is 0.588. The minimum Gasteiger partial charge on any atom is -0.343 e. The number of aromatic amines is 1. The van der Waals surface area contributed by atoms with E-state index in [1.54, 1.807) is 17.7 Å². The van der Waals surface area contributed by atoms with E-state index in [1.165, 1.54) is 0 Å². The average Bonchev–Trinajstić information content (AvgIpc) is 2.41. The van der Waals surface area contributed by atoms with E-state index in [-0.39, 0.29) is 0 Å². The van der Waals surface area contributed by atoms with Crippen molar-refractivity contribution in [3.05, 3.63) is 23.1 Å². The summed E-state index contributed by atoms with van der Waals surface area (Å²) in [6.07, 6.45) is 3.58. The van der Waals surface area contributed by atoms with E-state index in [1.807, 2.05) is 20.8 Å². The molecule has 1 rings (SSSR count). The summed E-state index contributed by atoms with van der Waals surface area (Å²) >= 11 is 3.90. The lowest BCUT2D eigenvalue weighted by atomic mass is 10.6. The summed E-state index contributed by atoms with van der Waals surface area (Å²) in [5, 5.41) is 1.65. The number of aryl methyl sites for hydroxylation is 1. The molecule has 0 atom stereocenters. The van der Waals surface area contributed by atoms with Gasteiger partial charge in [-0.2, -0.15) is 12.6 Å². The van der Waals surface area contributed by atoms with Crippen LogP contribution in [-0.2, 0) is 0 Å². The van der Waals surface area contributed by atoms with Gasteiger partial charge in [0.05, 0.1) is 0 Å². The van der Waals surface area contributed by atoms with Crippen molar-refractivity contribution in [2.45, 2.75) is 20.8 Å². The Labute approximate surface area is 73.2 Å². The first-order valence-electron chi connectivity index (χ1n) is 3.65. The summed E-state index contributed by atoms with van der Waals surface area (Å²) < 4.78 is 0. The maximum atomic E-state index is 4.01. The van der Waals surface area contributed by atoms with Crippen molar-refractivity contribution in [3.63, 3.8) is 0 Å². The lowest BCUT2D eigenvalue weighted by Crippen LogP contribution is -1.71. The van der Waals surface area contributed by atoms with E-state index in [0.717, 1.165) is 11.5 Å². The molecular weight excluding hydrogens is 156 g/mol. The van der Waals surface area contributed by atoms with Gasteiger partial charge in [-0.1, -0.05) is 13.8 Å². The van der Waals surface area contributed by atoms with E-state index in [2.05, 4.69) is 22.6 Å². The zero-order valence-corrected chi connectivity index (χ0v) is 8.02. The molecule has 62 valence electrons. The third-order valence-corrected chi connectivity index (χ3v) is 1.10. The molecule has 0 amide bonds. The number of hydrogen-bond acceptors (Lipinski definition) is 2. The first-order chi connectivity index (χ1) is 5.33. The molecule has 1 aromatic heterocycles. The number of H-pyrrole nitrogens is 1. The van der Waals surface area contributed by atoms with Crippen molar-refractivity contribution in [3.8, 4) is 0 Å². The number of thiol groups is 1. The number of rotatable bonds is 1. The van der Waals surface area contributed by atoms with Crippen LogP contribution in [0.4, 0.5) is 0 Å². The highest BCUT2D eigenvalue weighted by atomic mass is 32.1. The SMILES string of the molecule is CC.Cc1cnc(/C=C/S)[nH]1. The topological polar surface area (TPSA) is 28.7 Å². The van der Waals surface area contributed by atoms with Gasteiger partial charge in [-0.05, 0) is 18.4 Å². The van der Waals surface area contributed by atoms with Crippen LogP contribution in [0, 0.1) is 6.92 Å². The summed E-state index contributed by atoms with van der Waals surface area (Å²) in [5.74, 6) is 0.850. The Morgan fingerprint density at radius 2 is 2.18 bits per heavy atom. The minimum absolute atomic E-state index is 0.850. The normalized spacial score (nSPS) is 9.45. The molecular formula is C8H14N2S. The Morgan fingerprint density at radius 3 is 2.55 bits per heavy atom. The number of hydrogen-bond donors (Lipinski definition) is 2. The monoisotopic (exact) mass is 170 g/mol. The van der Waals surface area contributed by atoms with Crippen molar-refractivity contribution in [2.75, 3.05) is 0 Å². The largest absolute Gasteiger partial charge is 0.343 e. The molecule has 0 aliphatic rings. The Balaban J connectivity index is 0.000000461. The van der Waals surface area contributed by atoms with Gasteiger partial charge in [0, 0.05) is 11.9 Å². The molecule has 1 heterocycles. The first-order valence-corrected chi connectivity index (χ1v) is 4.17. The molecule has 0 spiro atoms. The maximum Gasteiger partial charge on any atom is 0.130 e. The number of aromatic nitrogens is 2. The molecule has 11 heavy (non-hydrogen) atoms. The van der Waals surface area contributed by atoms with Crippen LogP contribution in [0.1, 0.15) is 25.4 Å². The molecule has 0 saturated heterocycles. The van der Waals surface area contributed by atoms with Crippen LogP contribution in [0.5, 0.6) is 0 Å². The molecule has 1 N–H and O–H groups in total. The lowest BCUT2D eigenvalue weighted by molar-refractivity contribution is 1.22. The van der Waals surface area contributed by atoms with E-state index < -0.39 is 0 Å². The Kier molecular flexibility index (Phi) is 5.65. The Bertz CT molecular complexity index is 216. The van der Waals surface area contributed by atoms with E-state index in [0.29, 0.717) is 0 Å². The van der Waals surface area contributed by atoms with Crippen LogP contribution in [0.3, 0.4) is 0 Å². The van der Waals surface area contributed by atoms with Gasteiger partial charge in [0.15, 0.2) is 0 Å². The molecule has 2 nitrogen and oxygen atoms in total. The molecule has 3 heteroatoms. The van der Waals surface area contributed by atoms with Gasteiger partial charge >= 0.3 is 0 Å². The first kappa shape index (κ1) is 10.3. The van der Waals surface area contributed by atoms with E-state index in [9.17, 15) is 0 Å². The van der Waals surface area contributed by atoms with Crippen molar-refractivity contribution in [2.24, 2.45) is 0 Å². The highest BCUT2D eigenvalue weighted by molar-refractivity contribution is 7.83. The molecule has 0 aliphatic heterocycles. The molecule has 0 radical (unpaired) electrons. The highest BCUT2D eigenvalue weighted by Crippen LogP contribution is 1.97. The van der Waals surface area contributed by atoms with Gasteiger partial charge in [0.25, 0.3) is 0 Å². The molecule has 0 fully saturated rings. The second-order valence-electron chi connectivity index (χ2n) is 1.77. The molecule has 0 saturated carbocycles. The highest BCUT2D eigenvalue weighted by Gasteiger charge is 1.87.